The third-order valence-electron chi connectivity index (χ3n) is 3.72. The van der Waals surface area contributed by atoms with E-state index in [0.717, 1.165) is 18.6 Å². The van der Waals surface area contributed by atoms with Crippen molar-refractivity contribution in [2.24, 2.45) is 0 Å². The minimum Gasteiger partial charge on any atom is -0.387 e. The van der Waals surface area contributed by atoms with E-state index in [1.807, 2.05) is 6.07 Å². The third kappa shape index (κ3) is 3.28. The van der Waals surface area contributed by atoms with Gasteiger partial charge in [0, 0.05) is 23.5 Å². The Morgan fingerprint density at radius 1 is 1.67 bits per heavy atom. The number of nitrogens with one attached hydrogen (secondary N) is 1. The molecule has 0 spiro atoms. The number of hydrogen-bond donors (Lipinski definition) is 2. The lowest BCUT2D eigenvalue weighted by Crippen LogP contribution is -2.54. The fourth-order valence-corrected chi connectivity index (χ4v) is 3.59. The second-order valence-corrected chi connectivity index (χ2v) is 6.52. The Bertz CT molecular complexity index is 587. The Morgan fingerprint density at radius 2 is 2.43 bits per heavy atom. The van der Waals surface area contributed by atoms with E-state index in [2.05, 4.69) is 12.2 Å². The molecule has 2 rings (SSSR count). The molecule has 1 saturated carbocycles. The lowest BCUT2D eigenvalue weighted by molar-refractivity contribution is -0.385. The SMILES string of the molecule is CCS[C@H]1CC[C@@]1(O)CNc1ccc([N+](=O)[O-])c(C#N)c1. The first-order valence-electron chi connectivity index (χ1n) is 6.76. The van der Waals surface area contributed by atoms with Crippen LogP contribution in [0.1, 0.15) is 25.3 Å². The highest BCUT2D eigenvalue weighted by Gasteiger charge is 2.44. The topological polar surface area (TPSA) is 99.2 Å². The van der Waals surface area contributed by atoms with Crippen molar-refractivity contribution in [2.75, 3.05) is 17.6 Å². The highest BCUT2D eigenvalue weighted by Crippen LogP contribution is 2.41. The second-order valence-electron chi connectivity index (χ2n) is 5.04. The molecule has 1 fully saturated rings. The van der Waals surface area contributed by atoms with E-state index in [1.54, 1.807) is 17.8 Å². The Balaban J connectivity index is 2.04. The van der Waals surface area contributed by atoms with Crippen LogP contribution in [0.2, 0.25) is 0 Å². The molecule has 0 aromatic heterocycles. The van der Waals surface area contributed by atoms with Crippen LogP contribution < -0.4 is 5.32 Å². The normalized spacial score (nSPS) is 24.0. The summed E-state index contributed by atoms with van der Waals surface area (Å²) >= 11 is 1.74. The minimum atomic E-state index is -0.741. The summed E-state index contributed by atoms with van der Waals surface area (Å²) in [6.45, 7) is 2.44. The van der Waals surface area contributed by atoms with Crippen LogP contribution in [0.4, 0.5) is 11.4 Å². The Hall–Kier alpha value is -1.78. The van der Waals surface area contributed by atoms with Gasteiger partial charge in [0.15, 0.2) is 0 Å². The van der Waals surface area contributed by atoms with Crippen molar-refractivity contribution in [3.8, 4) is 6.07 Å². The molecule has 21 heavy (non-hydrogen) atoms. The van der Waals surface area contributed by atoms with E-state index < -0.39 is 10.5 Å². The first-order chi connectivity index (χ1) is 10.00. The molecular formula is C14H17N3O3S. The maximum absolute atomic E-state index is 10.8. The average Bonchev–Trinajstić information content (AvgIpc) is 2.48. The maximum atomic E-state index is 10.8. The summed E-state index contributed by atoms with van der Waals surface area (Å²) < 4.78 is 0. The number of anilines is 1. The van der Waals surface area contributed by atoms with E-state index >= 15 is 0 Å². The Labute approximate surface area is 127 Å². The van der Waals surface area contributed by atoms with Crippen molar-refractivity contribution in [3.05, 3.63) is 33.9 Å². The van der Waals surface area contributed by atoms with Crippen molar-refractivity contribution in [1.29, 1.82) is 5.26 Å². The molecule has 1 aromatic carbocycles. The summed E-state index contributed by atoms with van der Waals surface area (Å²) in [7, 11) is 0. The van der Waals surface area contributed by atoms with Crippen molar-refractivity contribution in [1.82, 2.24) is 0 Å². The summed E-state index contributed by atoms with van der Waals surface area (Å²) in [5, 5.41) is 33.5. The summed E-state index contributed by atoms with van der Waals surface area (Å²) in [4.78, 5) is 10.2. The average molecular weight is 307 g/mol. The monoisotopic (exact) mass is 307 g/mol. The summed E-state index contributed by atoms with van der Waals surface area (Å²) in [5.41, 5.74) is -0.317. The molecule has 2 atom stereocenters. The van der Waals surface area contributed by atoms with Gasteiger partial charge in [-0.05, 0) is 30.7 Å². The molecule has 7 heteroatoms. The van der Waals surface area contributed by atoms with Crippen molar-refractivity contribution in [2.45, 2.75) is 30.6 Å². The molecule has 0 bridgehead atoms. The van der Waals surface area contributed by atoms with E-state index in [4.69, 9.17) is 5.26 Å². The van der Waals surface area contributed by atoms with E-state index in [-0.39, 0.29) is 16.5 Å². The molecular weight excluding hydrogens is 290 g/mol. The van der Waals surface area contributed by atoms with Gasteiger partial charge in [-0.1, -0.05) is 6.92 Å². The summed E-state index contributed by atoms with van der Waals surface area (Å²) in [5.74, 6) is 0.961. The molecule has 0 heterocycles. The molecule has 6 nitrogen and oxygen atoms in total. The van der Waals surface area contributed by atoms with Crippen LogP contribution in [0.3, 0.4) is 0 Å². The molecule has 0 amide bonds. The van der Waals surface area contributed by atoms with Crippen molar-refractivity contribution >= 4 is 23.1 Å². The number of nitrogens with zero attached hydrogens (tertiary/aromatic N) is 2. The van der Waals surface area contributed by atoms with Crippen LogP contribution in [0.5, 0.6) is 0 Å². The van der Waals surface area contributed by atoms with Gasteiger partial charge in [0.1, 0.15) is 11.6 Å². The largest absolute Gasteiger partial charge is 0.387 e. The fraction of sp³-hybridized carbons (Fsp3) is 0.500. The molecule has 0 saturated heterocycles. The van der Waals surface area contributed by atoms with E-state index in [9.17, 15) is 15.2 Å². The van der Waals surface area contributed by atoms with E-state index in [0.29, 0.717) is 12.2 Å². The maximum Gasteiger partial charge on any atom is 0.287 e. The summed E-state index contributed by atoms with van der Waals surface area (Å²) in [6.07, 6.45) is 1.75. The molecule has 1 aliphatic rings. The quantitative estimate of drug-likeness (QED) is 0.619. The highest BCUT2D eigenvalue weighted by atomic mass is 32.2. The Kier molecular flexibility index (Phi) is 4.70. The molecule has 1 aromatic rings. The fourth-order valence-electron chi connectivity index (χ4n) is 2.39. The van der Waals surface area contributed by atoms with Crippen LogP contribution in [0, 0.1) is 21.4 Å². The van der Waals surface area contributed by atoms with Gasteiger partial charge in [-0.3, -0.25) is 10.1 Å². The number of nitriles is 1. The van der Waals surface area contributed by atoms with Gasteiger partial charge in [0.25, 0.3) is 5.69 Å². The predicted molar refractivity (Wildman–Crippen MR) is 82.4 cm³/mol. The first-order valence-corrected chi connectivity index (χ1v) is 7.81. The summed E-state index contributed by atoms with van der Waals surface area (Å²) in [6, 6.07) is 6.14. The number of hydrogen-bond acceptors (Lipinski definition) is 6. The molecule has 112 valence electrons. The Morgan fingerprint density at radius 3 is 2.95 bits per heavy atom. The smallest absolute Gasteiger partial charge is 0.287 e. The lowest BCUT2D eigenvalue weighted by Gasteiger charge is -2.45. The van der Waals surface area contributed by atoms with Gasteiger partial charge in [-0.15, -0.1) is 0 Å². The van der Waals surface area contributed by atoms with Crippen LogP contribution in [0.15, 0.2) is 18.2 Å². The number of aliphatic hydroxyl groups is 1. The number of thioether (sulfide) groups is 1. The standard InChI is InChI=1S/C14H17N3O3S/c1-2-21-13-5-6-14(13,18)9-16-11-3-4-12(17(19)20)10(7-11)8-15/h3-4,7,13,16,18H,2,5-6,9H2,1H3/t13-,14+/m0/s1. The predicted octanol–water partition coefficient (Wildman–Crippen LogP) is 2.52. The molecule has 0 radical (unpaired) electrons. The number of rotatable bonds is 6. The van der Waals surface area contributed by atoms with Crippen LogP contribution in [-0.4, -0.2) is 33.2 Å². The van der Waals surface area contributed by atoms with Gasteiger partial charge >= 0.3 is 0 Å². The first kappa shape index (κ1) is 15.6. The van der Waals surface area contributed by atoms with Gasteiger partial charge < -0.3 is 10.4 Å². The number of nitro benzene ring substituents is 1. The van der Waals surface area contributed by atoms with Crippen LogP contribution in [-0.2, 0) is 0 Å². The lowest BCUT2D eigenvalue weighted by atomic mass is 9.79. The van der Waals surface area contributed by atoms with Crippen molar-refractivity contribution in [3.63, 3.8) is 0 Å². The van der Waals surface area contributed by atoms with Crippen molar-refractivity contribution < 1.29 is 10.0 Å². The minimum absolute atomic E-state index is 0.0186. The molecule has 2 N–H and O–H groups in total. The van der Waals surface area contributed by atoms with Gasteiger partial charge in [0.2, 0.25) is 0 Å². The highest BCUT2D eigenvalue weighted by molar-refractivity contribution is 8.00. The number of benzene rings is 1. The van der Waals surface area contributed by atoms with Gasteiger partial charge in [-0.25, -0.2) is 0 Å². The van der Waals surface area contributed by atoms with E-state index in [1.165, 1.54) is 12.1 Å². The zero-order valence-electron chi connectivity index (χ0n) is 11.7. The third-order valence-corrected chi connectivity index (χ3v) is 5.13. The zero-order chi connectivity index (χ0) is 15.5. The number of nitro groups is 1. The molecule has 0 aliphatic heterocycles. The van der Waals surface area contributed by atoms with Crippen LogP contribution >= 0.6 is 11.8 Å². The molecule has 0 unspecified atom stereocenters. The molecule has 1 aliphatic carbocycles. The van der Waals surface area contributed by atoms with Crippen LogP contribution in [0.25, 0.3) is 0 Å². The second kappa shape index (κ2) is 6.33. The van der Waals surface area contributed by atoms with Gasteiger partial charge in [-0.2, -0.15) is 17.0 Å². The zero-order valence-corrected chi connectivity index (χ0v) is 12.5. The van der Waals surface area contributed by atoms with Gasteiger partial charge in [0.05, 0.1) is 10.5 Å².